The number of ether oxygens (including phenoxy) is 5. The Morgan fingerprint density at radius 3 is 1.46 bits per heavy atom. The first-order chi connectivity index (χ1) is 24.4. The zero-order valence-electron chi connectivity index (χ0n) is 28.3. The number of esters is 4. The third-order valence-corrected chi connectivity index (χ3v) is 7.61. The van der Waals surface area contributed by atoms with E-state index in [0.717, 1.165) is 62.1 Å². The summed E-state index contributed by atoms with van der Waals surface area (Å²) in [6.07, 6.45) is 7.61. The standard InChI is InChI=1S/C41H42O9/c1-3-5-8-29-48-39(43)32-13-11-30(12-14-32)31-15-23-36(24-16-31)49-41(45)34-19-25-37(26-20-34)50-40(44)33-17-21-35(22-18-33)46-27-9-6-7-10-28-47-38(42)4-2/h4,11-26H,2-3,5-10,27-29H2,1H3. The Labute approximate surface area is 292 Å². The fourth-order valence-corrected chi connectivity index (χ4v) is 4.77. The summed E-state index contributed by atoms with van der Waals surface area (Å²) in [5.41, 5.74) is 2.96. The largest absolute Gasteiger partial charge is 0.494 e. The molecule has 0 spiro atoms. The molecule has 0 bridgehead atoms. The number of carbonyl (C=O) groups is 4. The van der Waals surface area contributed by atoms with Crippen LogP contribution in [0.4, 0.5) is 0 Å². The van der Waals surface area contributed by atoms with Crippen LogP contribution in [0.25, 0.3) is 11.1 Å². The molecule has 0 aromatic heterocycles. The Morgan fingerprint density at radius 2 is 0.920 bits per heavy atom. The van der Waals surface area contributed by atoms with Crippen LogP contribution >= 0.6 is 0 Å². The summed E-state index contributed by atoms with van der Waals surface area (Å²) in [6.45, 7) is 6.80. The van der Waals surface area contributed by atoms with Crippen molar-refractivity contribution in [1.82, 2.24) is 0 Å². The molecule has 0 aliphatic carbocycles. The van der Waals surface area contributed by atoms with Gasteiger partial charge in [0.15, 0.2) is 0 Å². The molecule has 0 aliphatic rings. The number of unbranched alkanes of at least 4 members (excludes halogenated alkanes) is 5. The van der Waals surface area contributed by atoms with Gasteiger partial charge in [-0.15, -0.1) is 0 Å². The lowest BCUT2D eigenvalue weighted by atomic mass is 10.0. The second-order valence-electron chi connectivity index (χ2n) is 11.4. The van der Waals surface area contributed by atoms with Crippen molar-refractivity contribution in [2.45, 2.75) is 51.9 Å². The molecule has 260 valence electrons. The quantitative estimate of drug-likeness (QED) is 0.0415. The van der Waals surface area contributed by atoms with Gasteiger partial charge in [-0.05, 0) is 116 Å². The van der Waals surface area contributed by atoms with Crippen LogP contribution in [-0.4, -0.2) is 43.7 Å². The number of hydrogen-bond acceptors (Lipinski definition) is 9. The highest BCUT2D eigenvalue weighted by Crippen LogP contribution is 2.24. The van der Waals surface area contributed by atoms with Crippen molar-refractivity contribution in [3.63, 3.8) is 0 Å². The maximum Gasteiger partial charge on any atom is 0.343 e. The highest BCUT2D eigenvalue weighted by atomic mass is 16.5. The predicted molar refractivity (Wildman–Crippen MR) is 190 cm³/mol. The molecule has 0 N–H and O–H groups in total. The van der Waals surface area contributed by atoms with Crippen LogP contribution in [0.1, 0.15) is 82.9 Å². The van der Waals surface area contributed by atoms with E-state index in [9.17, 15) is 19.2 Å². The Kier molecular flexibility index (Phi) is 14.8. The molecule has 50 heavy (non-hydrogen) atoms. The zero-order chi connectivity index (χ0) is 35.6. The van der Waals surface area contributed by atoms with Crippen LogP contribution in [0.5, 0.6) is 17.2 Å². The van der Waals surface area contributed by atoms with E-state index in [4.69, 9.17) is 23.7 Å². The molecular formula is C41H42O9. The third kappa shape index (κ3) is 12.1. The molecule has 0 radical (unpaired) electrons. The highest BCUT2D eigenvalue weighted by molar-refractivity contribution is 5.93. The molecule has 9 nitrogen and oxygen atoms in total. The summed E-state index contributed by atoms with van der Waals surface area (Å²) in [6, 6.07) is 27.0. The highest BCUT2D eigenvalue weighted by Gasteiger charge is 2.13. The molecule has 4 aromatic carbocycles. The fraction of sp³-hybridized carbons (Fsp3) is 0.268. The molecule has 0 amide bonds. The van der Waals surface area contributed by atoms with Crippen molar-refractivity contribution < 1.29 is 42.9 Å². The van der Waals surface area contributed by atoms with Gasteiger partial charge in [-0.1, -0.05) is 50.6 Å². The molecule has 0 fully saturated rings. The number of carbonyl (C=O) groups excluding carboxylic acids is 4. The number of hydrogen-bond donors (Lipinski definition) is 0. The van der Waals surface area contributed by atoms with Gasteiger partial charge in [-0.3, -0.25) is 0 Å². The van der Waals surface area contributed by atoms with Crippen molar-refractivity contribution in [1.29, 1.82) is 0 Å². The topological polar surface area (TPSA) is 114 Å². The summed E-state index contributed by atoms with van der Waals surface area (Å²) in [4.78, 5) is 48.6. The summed E-state index contributed by atoms with van der Waals surface area (Å²) in [5.74, 6) is -0.534. The van der Waals surface area contributed by atoms with Gasteiger partial charge < -0.3 is 23.7 Å². The normalized spacial score (nSPS) is 10.5. The van der Waals surface area contributed by atoms with Gasteiger partial charge in [0.25, 0.3) is 0 Å². The lowest BCUT2D eigenvalue weighted by molar-refractivity contribution is -0.137. The SMILES string of the molecule is C=CC(=O)OCCCCCCOc1ccc(C(=O)Oc2ccc(C(=O)Oc3ccc(-c4ccc(C(=O)OCCCCC)cc4)cc3)cc2)cc1. The van der Waals surface area contributed by atoms with Crippen LogP contribution in [0.15, 0.2) is 110 Å². The minimum atomic E-state index is -0.554. The average Bonchev–Trinajstić information content (AvgIpc) is 3.15. The van der Waals surface area contributed by atoms with Gasteiger partial charge in [0.1, 0.15) is 17.2 Å². The van der Waals surface area contributed by atoms with Crippen molar-refractivity contribution in [3.8, 4) is 28.4 Å². The van der Waals surface area contributed by atoms with Gasteiger partial charge >= 0.3 is 23.9 Å². The van der Waals surface area contributed by atoms with E-state index in [1.807, 2.05) is 24.3 Å². The van der Waals surface area contributed by atoms with Gasteiger partial charge in [0, 0.05) is 6.08 Å². The van der Waals surface area contributed by atoms with Gasteiger partial charge in [-0.25, -0.2) is 19.2 Å². The molecular weight excluding hydrogens is 636 g/mol. The molecule has 4 aromatic rings. The fourth-order valence-electron chi connectivity index (χ4n) is 4.77. The smallest absolute Gasteiger partial charge is 0.343 e. The summed E-state index contributed by atoms with van der Waals surface area (Å²) in [7, 11) is 0. The molecule has 4 rings (SSSR count). The van der Waals surface area contributed by atoms with Crippen LogP contribution in [0.3, 0.4) is 0 Å². The van der Waals surface area contributed by atoms with Crippen molar-refractivity contribution >= 4 is 23.9 Å². The molecule has 0 atom stereocenters. The van der Waals surface area contributed by atoms with E-state index >= 15 is 0 Å². The number of rotatable bonds is 19. The van der Waals surface area contributed by atoms with E-state index in [2.05, 4.69) is 13.5 Å². The van der Waals surface area contributed by atoms with Crippen LogP contribution in [0.2, 0.25) is 0 Å². The lowest BCUT2D eigenvalue weighted by Crippen LogP contribution is -2.10. The predicted octanol–water partition coefficient (Wildman–Crippen LogP) is 8.81. The van der Waals surface area contributed by atoms with Gasteiger partial charge in [-0.2, -0.15) is 0 Å². The van der Waals surface area contributed by atoms with E-state index in [1.54, 1.807) is 48.5 Å². The average molecular weight is 679 g/mol. The summed E-state index contributed by atoms with van der Waals surface area (Å²) < 4.78 is 27.0. The molecule has 0 saturated heterocycles. The zero-order valence-corrected chi connectivity index (χ0v) is 28.3. The van der Waals surface area contributed by atoms with Crippen molar-refractivity contribution in [2.75, 3.05) is 19.8 Å². The van der Waals surface area contributed by atoms with Crippen molar-refractivity contribution in [2.24, 2.45) is 0 Å². The van der Waals surface area contributed by atoms with Gasteiger partial charge in [0.05, 0.1) is 36.5 Å². The first kappa shape index (κ1) is 37.1. The van der Waals surface area contributed by atoms with E-state index < -0.39 is 17.9 Å². The monoisotopic (exact) mass is 678 g/mol. The Bertz CT molecular complexity index is 1690. The van der Waals surface area contributed by atoms with Crippen LogP contribution < -0.4 is 14.2 Å². The second-order valence-corrected chi connectivity index (χ2v) is 11.4. The molecule has 9 heteroatoms. The molecule has 0 saturated carbocycles. The van der Waals surface area contributed by atoms with E-state index in [0.29, 0.717) is 48.0 Å². The lowest BCUT2D eigenvalue weighted by Gasteiger charge is -2.09. The first-order valence-corrected chi connectivity index (χ1v) is 16.8. The molecule has 0 aliphatic heterocycles. The Morgan fingerprint density at radius 1 is 0.500 bits per heavy atom. The van der Waals surface area contributed by atoms with E-state index in [1.165, 1.54) is 24.3 Å². The second kappa shape index (κ2) is 20.0. The van der Waals surface area contributed by atoms with Gasteiger partial charge in [0.2, 0.25) is 0 Å². The Balaban J connectivity index is 1.18. The minimum Gasteiger partial charge on any atom is -0.494 e. The summed E-state index contributed by atoms with van der Waals surface area (Å²) in [5, 5.41) is 0. The minimum absolute atomic E-state index is 0.284. The number of benzene rings is 4. The van der Waals surface area contributed by atoms with Crippen molar-refractivity contribution in [3.05, 3.63) is 126 Å². The first-order valence-electron chi connectivity index (χ1n) is 16.8. The van der Waals surface area contributed by atoms with Crippen LogP contribution in [-0.2, 0) is 14.3 Å². The third-order valence-electron chi connectivity index (χ3n) is 7.61. The Hall–Kier alpha value is -5.70. The maximum absolute atomic E-state index is 12.7. The molecule has 0 heterocycles. The maximum atomic E-state index is 12.7. The summed E-state index contributed by atoms with van der Waals surface area (Å²) >= 11 is 0. The van der Waals surface area contributed by atoms with E-state index in [-0.39, 0.29) is 11.7 Å². The molecule has 0 unspecified atom stereocenters. The van der Waals surface area contributed by atoms with Crippen LogP contribution in [0, 0.1) is 0 Å².